The van der Waals surface area contributed by atoms with Crippen LogP contribution in [0.1, 0.15) is 55.6 Å². The molecule has 0 aromatic heterocycles. The molecule has 6 rings (SSSR count). The third-order valence-electron chi connectivity index (χ3n) is 7.72. The fraction of sp³-hybridized carbons (Fsp3) is 0.0857. The summed E-state index contributed by atoms with van der Waals surface area (Å²) in [4.78, 5) is 14.4. The molecule has 5 aromatic rings. The Balaban J connectivity index is 1.72. The first-order valence-corrected chi connectivity index (χ1v) is 12.5. The number of carbonyl (C=O) groups excluding carboxylic acids is 1. The second-order valence-corrected chi connectivity index (χ2v) is 9.55. The Morgan fingerprint density at radius 3 is 1.70 bits per heavy atom. The van der Waals surface area contributed by atoms with Crippen LogP contribution < -0.4 is 0 Å². The van der Waals surface area contributed by atoms with Crippen molar-refractivity contribution in [1.29, 1.82) is 5.26 Å². The highest BCUT2D eigenvalue weighted by Crippen LogP contribution is 2.62. The van der Waals surface area contributed by atoms with Gasteiger partial charge in [0.2, 0.25) is 0 Å². The number of Topliss-reactive ketones (excluding diaryl/α,β-unsaturated/α-hetero) is 1. The minimum Gasteiger partial charge on any atom is -0.293 e. The van der Waals surface area contributed by atoms with Crippen LogP contribution in [0.5, 0.6) is 0 Å². The normalized spacial score (nSPS) is 17.5. The van der Waals surface area contributed by atoms with E-state index in [0.29, 0.717) is 11.1 Å². The van der Waals surface area contributed by atoms with Crippen molar-refractivity contribution in [1.82, 2.24) is 0 Å². The third kappa shape index (κ3) is 3.60. The van der Waals surface area contributed by atoms with Crippen LogP contribution in [0.4, 0.5) is 0 Å². The standard InChI is InChI=1S/C35H25NO/c36-24-25-20-22-26(23-21-25)33-32(34(37)27-12-4-1-5-13-27)30-18-10-11-19-31(30)35(33,28-14-6-2-7-15-28)29-16-8-3-9-17-29/h1-23,32-33H/t32-,33+/m0/s1. The van der Waals surface area contributed by atoms with Crippen LogP contribution in [0.15, 0.2) is 140 Å². The molecule has 0 saturated carbocycles. The van der Waals surface area contributed by atoms with Gasteiger partial charge in [-0.3, -0.25) is 4.79 Å². The molecule has 0 unspecified atom stereocenters. The number of fused-ring (bicyclic) bond motifs is 1. The number of carbonyl (C=O) groups is 1. The lowest BCUT2D eigenvalue weighted by Gasteiger charge is -2.40. The van der Waals surface area contributed by atoms with Gasteiger partial charge >= 0.3 is 0 Å². The van der Waals surface area contributed by atoms with Crippen LogP contribution >= 0.6 is 0 Å². The summed E-state index contributed by atoms with van der Waals surface area (Å²) in [7, 11) is 0. The quantitative estimate of drug-likeness (QED) is 0.245. The number of rotatable bonds is 5. The van der Waals surface area contributed by atoms with Crippen molar-refractivity contribution in [2.75, 3.05) is 0 Å². The molecule has 0 amide bonds. The molecule has 2 heteroatoms. The van der Waals surface area contributed by atoms with Crippen molar-refractivity contribution in [3.63, 3.8) is 0 Å². The van der Waals surface area contributed by atoms with E-state index in [1.54, 1.807) is 0 Å². The highest BCUT2D eigenvalue weighted by molar-refractivity contribution is 6.03. The van der Waals surface area contributed by atoms with Gasteiger partial charge in [-0.2, -0.15) is 5.26 Å². The molecule has 0 saturated heterocycles. The molecule has 5 aromatic carbocycles. The minimum atomic E-state index is -0.595. The maximum absolute atomic E-state index is 14.4. The number of hydrogen-bond acceptors (Lipinski definition) is 2. The van der Waals surface area contributed by atoms with E-state index < -0.39 is 11.3 Å². The van der Waals surface area contributed by atoms with Crippen LogP contribution in [0, 0.1) is 11.3 Å². The van der Waals surface area contributed by atoms with E-state index in [4.69, 9.17) is 0 Å². The molecule has 1 aliphatic carbocycles. The van der Waals surface area contributed by atoms with E-state index in [1.807, 2.05) is 72.8 Å². The fourth-order valence-electron chi connectivity index (χ4n) is 6.25. The zero-order valence-electron chi connectivity index (χ0n) is 20.3. The number of nitriles is 1. The SMILES string of the molecule is N#Cc1ccc([C@@H]2[C@@H](C(=O)c3ccccc3)c3ccccc3C2(c2ccccc2)c2ccccc2)cc1. The van der Waals surface area contributed by atoms with Crippen molar-refractivity contribution < 1.29 is 4.79 Å². The van der Waals surface area contributed by atoms with Gasteiger partial charge in [0, 0.05) is 11.5 Å². The highest BCUT2D eigenvalue weighted by Gasteiger charge is 2.56. The van der Waals surface area contributed by atoms with Crippen molar-refractivity contribution in [2.24, 2.45) is 0 Å². The van der Waals surface area contributed by atoms with Crippen LogP contribution in [-0.4, -0.2) is 5.78 Å². The first-order chi connectivity index (χ1) is 18.2. The molecule has 0 aliphatic heterocycles. The molecule has 1 aliphatic rings. The summed E-state index contributed by atoms with van der Waals surface area (Å²) >= 11 is 0. The lowest BCUT2D eigenvalue weighted by molar-refractivity contribution is 0.0945. The van der Waals surface area contributed by atoms with Crippen molar-refractivity contribution >= 4 is 5.78 Å². The van der Waals surface area contributed by atoms with E-state index in [0.717, 1.165) is 27.8 Å². The Labute approximate surface area is 217 Å². The Kier molecular flexibility index (Phi) is 5.75. The van der Waals surface area contributed by atoms with Gasteiger partial charge in [-0.25, -0.2) is 0 Å². The lowest BCUT2D eigenvalue weighted by atomic mass is 9.61. The van der Waals surface area contributed by atoms with Gasteiger partial charge in [-0.1, -0.05) is 127 Å². The number of nitrogens with zero attached hydrogens (tertiary/aromatic N) is 1. The molecule has 0 bridgehead atoms. The lowest BCUT2D eigenvalue weighted by Crippen LogP contribution is -2.35. The van der Waals surface area contributed by atoms with Gasteiger partial charge in [0.1, 0.15) is 0 Å². The third-order valence-corrected chi connectivity index (χ3v) is 7.72. The minimum absolute atomic E-state index is 0.108. The average Bonchev–Trinajstić information content (AvgIpc) is 3.30. The molecule has 176 valence electrons. The predicted molar refractivity (Wildman–Crippen MR) is 147 cm³/mol. The molecule has 0 spiro atoms. The second kappa shape index (κ2) is 9.37. The van der Waals surface area contributed by atoms with E-state index in [1.165, 1.54) is 0 Å². The smallest absolute Gasteiger partial charge is 0.170 e. The van der Waals surface area contributed by atoms with E-state index >= 15 is 0 Å². The zero-order valence-corrected chi connectivity index (χ0v) is 20.3. The number of hydrogen-bond donors (Lipinski definition) is 0. The van der Waals surface area contributed by atoms with E-state index in [-0.39, 0.29) is 11.7 Å². The molecule has 2 nitrogen and oxygen atoms in total. The largest absolute Gasteiger partial charge is 0.293 e. The van der Waals surface area contributed by atoms with Gasteiger partial charge in [-0.05, 0) is 39.9 Å². The fourth-order valence-corrected chi connectivity index (χ4v) is 6.25. The van der Waals surface area contributed by atoms with Gasteiger partial charge in [-0.15, -0.1) is 0 Å². The Morgan fingerprint density at radius 1 is 0.622 bits per heavy atom. The summed E-state index contributed by atoms with van der Waals surface area (Å²) in [5, 5.41) is 9.48. The average molecular weight is 476 g/mol. The molecular weight excluding hydrogens is 450 g/mol. The molecule has 0 radical (unpaired) electrons. The van der Waals surface area contributed by atoms with Gasteiger partial charge in [0.25, 0.3) is 0 Å². The molecule has 37 heavy (non-hydrogen) atoms. The van der Waals surface area contributed by atoms with Crippen LogP contribution in [0.3, 0.4) is 0 Å². The van der Waals surface area contributed by atoms with Crippen molar-refractivity contribution in [2.45, 2.75) is 17.3 Å². The number of benzene rings is 5. The van der Waals surface area contributed by atoms with Crippen molar-refractivity contribution in [3.8, 4) is 6.07 Å². The van der Waals surface area contributed by atoms with Crippen LogP contribution in [0.2, 0.25) is 0 Å². The first kappa shape index (κ1) is 22.7. The summed E-state index contributed by atoms with van der Waals surface area (Å²) in [6.45, 7) is 0. The Morgan fingerprint density at radius 2 is 1.14 bits per heavy atom. The maximum atomic E-state index is 14.4. The monoisotopic (exact) mass is 475 g/mol. The second-order valence-electron chi connectivity index (χ2n) is 9.55. The summed E-state index contributed by atoms with van der Waals surface area (Å²) in [6, 6.07) is 49.1. The van der Waals surface area contributed by atoms with E-state index in [2.05, 4.69) is 72.8 Å². The van der Waals surface area contributed by atoms with Gasteiger partial charge < -0.3 is 0 Å². The summed E-state index contributed by atoms with van der Waals surface area (Å²) < 4.78 is 0. The summed E-state index contributed by atoms with van der Waals surface area (Å²) in [5.74, 6) is -0.502. The van der Waals surface area contributed by atoms with E-state index in [9.17, 15) is 10.1 Å². The zero-order chi connectivity index (χ0) is 25.2. The summed E-state index contributed by atoms with van der Waals surface area (Å²) in [6.07, 6.45) is 0. The molecule has 0 heterocycles. The molecular formula is C35H25NO. The molecule has 0 N–H and O–H groups in total. The number of ketones is 1. The van der Waals surface area contributed by atoms with Crippen LogP contribution in [0.25, 0.3) is 0 Å². The molecule has 0 fully saturated rings. The highest BCUT2D eigenvalue weighted by atomic mass is 16.1. The van der Waals surface area contributed by atoms with Gasteiger partial charge in [0.15, 0.2) is 5.78 Å². The predicted octanol–water partition coefficient (Wildman–Crippen LogP) is 7.66. The first-order valence-electron chi connectivity index (χ1n) is 12.5. The maximum Gasteiger partial charge on any atom is 0.170 e. The topological polar surface area (TPSA) is 40.9 Å². The van der Waals surface area contributed by atoms with Crippen LogP contribution in [-0.2, 0) is 5.41 Å². The summed E-state index contributed by atoms with van der Waals surface area (Å²) in [5.41, 5.74) is 6.25. The van der Waals surface area contributed by atoms with Crippen molar-refractivity contribution in [3.05, 3.63) is 178 Å². The van der Waals surface area contributed by atoms with Gasteiger partial charge in [0.05, 0.1) is 23.0 Å². The Bertz CT molecular complexity index is 1540. The molecule has 2 atom stereocenters. The Hall–Kier alpha value is -4.74.